The molecular formula is C13H15ClN4O. The van der Waals surface area contributed by atoms with Crippen molar-refractivity contribution in [3.05, 3.63) is 35.7 Å². The molecule has 100 valence electrons. The Morgan fingerprint density at radius 1 is 1.42 bits per heavy atom. The number of rotatable bonds is 5. The number of hydrogen-bond acceptors (Lipinski definition) is 5. The van der Waals surface area contributed by atoms with E-state index in [1.807, 2.05) is 31.2 Å². The van der Waals surface area contributed by atoms with Crippen molar-refractivity contribution in [2.45, 2.75) is 26.4 Å². The number of halogens is 1. The van der Waals surface area contributed by atoms with E-state index in [-0.39, 0.29) is 11.4 Å². The summed E-state index contributed by atoms with van der Waals surface area (Å²) in [4.78, 5) is 4.02. The van der Waals surface area contributed by atoms with Crippen molar-refractivity contribution < 1.29 is 4.74 Å². The highest BCUT2D eigenvalue weighted by Crippen LogP contribution is 2.21. The predicted octanol–water partition coefficient (Wildman–Crippen LogP) is 3.45. The number of aromatic nitrogens is 3. The van der Waals surface area contributed by atoms with Crippen molar-refractivity contribution in [1.29, 1.82) is 0 Å². The predicted molar refractivity (Wildman–Crippen MR) is 74.9 cm³/mol. The number of ether oxygens (including phenoxy) is 1. The van der Waals surface area contributed by atoms with Crippen molar-refractivity contribution in [2.75, 3.05) is 5.32 Å². The Morgan fingerprint density at radius 2 is 2.26 bits per heavy atom. The fourth-order valence-corrected chi connectivity index (χ4v) is 1.59. The van der Waals surface area contributed by atoms with Gasteiger partial charge >= 0.3 is 0 Å². The first-order valence-electron chi connectivity index (χ1n) is 6.06. The van der Waals surface area contributed by atoms with Gasteiger partial charge in [0.2, 0.25) is 5.28 Å². The van der Waals surface area contributed by atoms with Gasteiger partial charge in [-0.15, -0.1) is 5.10 Å². The number of anilines is 2. The third kappa shape index (κ3) is 4.06. The van der Waals surface area contributed by atoms with E-state index < -0.39 is 0 Å². The molecule has 0 aliphatic rings. The van der Waals surface area contributed by atoms with Gasteiger partial charge in [0.1, 0.15) is 5.75 Å². The Kier molecular flexibility index (Phi) is 4.52. The van der Waals surface area contributed by atoms with Gasteiger partial charge < -0.3 is 10.1 Å². The lowest BCUT2D eigenvalue weighted by Crippen LogP contribution is -2.09. The van der Waals surface area contributed by atoms with E-state index in [9.17, 15) is 0 Å². The smallest absolute Gasteiger partial charge is 0.244 e. The van der Waals surface area contributed by atoms with Crippen molar-refractivity contribution in [3.8, 4) is 5.75 Å². The number of nitrogens with one attached hydrogen (secondary N) is 1. The highest BCUT2D eigenvalue weighted by atomic mass is 35.5. The molecule has 0 spiro atoms. The van der Waals surface area contributed by atoms with E-state index in [4.69, 9.17) is 16.3 Å². The Bertz CT molecular complexity index is 550. The lowest BCUT2D eigenvalue weighted by Gasteiger charge is -2.13. The second-order valence-corrected chi connectivity index (χ2v) is 4.44. The van der Waals surface area contributed by atoms with Crippen molar-refractivity contribution in [1.82, 2.24) is 15.2 Å². The summed E-state index contributed by atoms with van der Waals surface area (Å²) in [6.07, 6.45) is 2.65. The van der Waals surface area contributed by atoms with Crippen LogP contribution in [-0.4, -0.2) is 21.3 Å². The molecule has 2 rings (SSSR count). The molecule has 0 bridgehead atoms. The maximum absolute atomic E-state index is 5.75. The Morgan fingerprint density at radius 3 is 3.00 bits per heavy atom. The first-order chi connectivity index (χ1) is 9.17. The van der Waals surface area contributed by atoms with Gasteiger partial charge in [-0.05, 0) is 37.1 Å². The zero-order chi connectivity index (χ0) is 13.7. The minimum absolute atomic E-state index is 0.108. The number of nitrogens with zero attached hydrogens (tertiary/aromatic N) is 3. The molecule has 1 atom stereocenters. The van der Waals surface area contributed by atoms with Crippen LogP contribution in [0.15, 0.2) is 30.5 Å². The van der Waals surface area contributed by atoms with Gasteiger partial charge in [-0.25, -0.2) is 0 Å². The molecule has 19 heavy (non-hydrogen) atoms. The van der Waals surface area contributed by atoms with Gasteiger partial charge in [0.05, 0.1) is 12.3 Å². The summed E-state index contributed by atoms with van der Waals surface area (Å²) in [5.41, 5.74) is 0.859. The molecule has 0 saturated carbocycles. The third-order valence-electron chi connectivity index (χ3n) is 2.55. The van der Waals surface area contributed by atoms with Gasteiger partial charge in [0.25, 0.3) is 0 Å². The molecule has 0 radical (unpaired) electrons. The maximum atomic E-state index is 5.75. The molecule has 0 aliphatic heterocycles. The van der Waals surface area contributed by atoms with Gasteiger partial charge in [-0.1, -0.05) is 13.0 Å². The Balaban J connectivity index is 2.10. The van der Waals surface area contributed by atoms with Crippen molar-refractivity contribution >= 4 is 23.1 Å². The lowest BCUT2D eigenvalue weighted by atomic mass is 10.2. The van der Waals surface area contributed by atoms with E-state index in [1.165, 1.54) is 6.20 Å². The van der Waals surface area contributed by atoms with E-state index in [1.54, 1.807) is 0 Å². The van der Waals surface area contributed by atoms with Crippen LogP contribution in [0.25, 0.3) is 0 Å². The van der Waals surface area contributed by atoms with Gasteiger partial charge in [-0.2, -0.15) is 10.1 Å². The Labute approximate surface area is 117 Å². The van der Waals surface area contributed by atoms with E-state index >= 15 is 0 Å². The minimum atomic E-state index is 0.108. The summed E-state index contributed by atoms with van der Waals surface area (Å²) >= 11 is 5.68. The van der Waals surface area contributed by atoms with E-state index in [0.717, 1.165) is 17.9 Å². The summed E-state index contributed by atoms with van der Waals surface area (Å²) in [7, 11) is 0. The molecule has 0 saturated heterocycles. The van der Waals surface area contributed by atoms with Gasteiger partial charge in [0.15, 0.2) is 5.82 Å². The van der Waals surface area contributed by atoms with Crippen LogP contribution in [-0.2, 0) is 0 Å². The minimum Gasteiger partial charge on any atom is -0.491 e. The number of hydrogen-bond donors (Lipinski definition) is 1. The SMILES string of the molecule is CCC(C)Oc1cccc(Nc2cnnc(Cl)n2)c1. The second kappa shape index (κ2) is 6.33. The molecule has 5 nitrogen and oxygen atoms in total. The maximum Gasteiger partial charge on any atom is 0.244 e. The van der Waals surface area contributed by atoms with Crippen molar-refractivity contribution in [3.63, 3.8) is 0 Å². The van der Waals surface area contributed by atoms with Crippen LogP contribution in [0.3, 0.4) is 0 Å². The summed E-state index contributed by atoms with van der Waals surface area (Å²) in [5, 5.41) is 10.5. The zero-order valence-corrected chi connectivity index (χ0v) is 11.6. The Hall–Kier alpha value is -1.88. The highest BCUT2D eigenvalue weighted by Gasteiger charge is 2.03. The molecular weight excluding hydrogens is 264 g/mol. The second-order valence-electron chi connectivity index (χ2n) is 4.10. The molecule has 0 fully saturated rings. The molecule has 1 N–H and O–H groups in total. The van der Waals surface area contributed by atoms with Crippen LogP contribution in [0.4, 0.5) is 11.5 Å². The summed E-state index contributed by atoms with van der Waals surface area (Å²) in [6.45, 7) is 4.12. The normalized spacial score (nSPS) is 11.9. The lowest BCUT2D eigenvalue weighted by molar-refractivity contribution is 0.217. The van der Waals surface area contributed by atoms with E-state index in [2.05, 4.69) is 27.4 Å². The molecule has 0 aliphatic carbocycles. The average molecular weight is 279 g/mol. The molecule has 1 unspecified atom stereocenters. The quantitative estimate of drug-likeness (QED) is 0.908. The molecule has 0 amide bonds. The van der Waals surface area contributed by atoms with Gasteiger partial charge in [-0.3, -0.25) is 0 Å². The molecule has 1 aromatic carbocycles. The molecule has 1 aromatic heterocycles. The largest absolute Gasteiger partial charge is 0.491 e. The summed E-state index contributed by atoms with van der Waals surface area (Å²) in [6, 6.07) is 7.65. The topological polar surface area (TPSA) is 59.9 Å². The fourth-order valence-electron chi connectivity index (χ4n) is 1.45. The van der Waals surface area contributed by atoms with Crippen LogP contribution in [0.2, 0.25) is 5.28 Å². The molecule has 1 heterocycles. The van der Waals surface area contributed by atoms with Crippen LogP contribution in [0.1, 0.15) is 20.3 Å². The van der Waals surface area contributed by atoms with Crippen LogP contribution in [0, 0.1) is 0 Å². The fraction of sp³-hybridized carbons (Fsp3) is 0.308. The molecule has 6 heteroatoms. The number of benzene rings is 1. The van der Waals surface area contributed by atoms with Crippen LogP contribution in [0.5, 0.6) is 5.75 Å². The first-order valence-corrected chi connectivity index (χ1v) is 6.44. The third-order valence-corrected chi connectivity index (χ3v) is 2.71. The monoisotopic (exact) mass is 278 g/mol. The van der Waals surface area contributed by atoms with Crippen LogP contribution < -0.4 is 10.1 Å². The summed E-state index contributed by atoms with van der Waals surface area (Å²) in [5.74, 6) is 1.35. The average Bonchev–Trinajstić information content (AvgIpc) is 2.39. The van der Waals surface area contributed by atoms with Gasteiger partial charge in [0, 0.05) is 11.8 Å². The van der Waals surface area contributed by atoms with Crippen molar-refractivity contribution in [2.24, 2.45) is 0 Å². The summed E-state index contributed by atoms with van der Waals surface area (Å²) < 4.78 is 5.75. The highest BCUT2D eigenvalue weighted by molar-refractivity contribution is 6.28. The van der Waals surface area contributed by atoms with E-state index in [0.29, 0.717) is 5.82 Å². The zero-order valence-electron chi connectivity index (χ0n) is 10.8. The molecule has 2 aromatic rings. The first kappa shape index (κ1) is 13.5. The standard InChI is InChI=1S/C13H15ClN4O/c1-3-9(2)19-11-6-4-5-10(7-11)16-12-8-15-18-13(14)17-12/h4-9H,3H2,1-2H3,(H,16,17,18). The van der Waals surface area contributed by atoms with Crippen LogP contribution >= 0.6 is 11.6 Å².